The van der Waals surface area contributed by atoms with Gasteiger partial charge in [-0.05, 0) is 48.8 Å². The van der Waals surface area contributed by atoms with Crippen molar-refractivity contribution in [1.82, 2.24) is 0 Å². The van der Waals surface area contributed by atoms with Gasteiger partial charge in [-0.25, -0.2) is 0 Å². The van der Waals surface area contributed by atoms with Crippen LogP contribution in [0.5, 0.6) is 11.5 Å². The monoisotopic (exact) mass is 262 g/mol. The van der Waals surface area contributed by atoms with Gasteiger partial charge in [0, 0.05) is 5.56 Å². The number of aryl methyl sites for hydroxylation is 1. The number of benzene rings is 1. The summed E-state index contributed by atoms with van der Waals surface area (Å²) < 4.78 is 0. The molecule has 1 saturated carbocycles. The second-order valence-corrected chi connectivity index (χ2v) is 5.73. The van der Waals surface area contributed by atoms with E-state index in [1.165, 1.54) is 30.4 Å². The number of phenolic OH excluding ortho intramolecular Hbond substituents is 2. The highest BCUT2D eigenvalue weighted by molar-refractivity contribution is 5.54. The first kappa shape index (κ1) is 14.2. The van der Waals surface area contributed by atoms with E-state index in [1.807, 2.05) is 0 Å². The average molecular weight is 262 g/mol. The van der Waals surface area contributed by atoms with E-state index in [0.29, 0.717) is 5.92 Å². The molecule has 0 atom stereocenters. The molecule has 0 spiro atoms. The Hall–Kier alpha value is -1.18. The van der Waals surface area contributed by atoms with Crippen molar-refractivity contribution in [1.29, 1.82) is 0 Å². The fourth-order valence-corrected chi connectivity index (χ4v) is 3.52. The molecule has 1 aromatic rings. The van der Waals surface area contributed by atoms with Crippen molar-refractivity contribution < 1.29 is 10.2 Å². The third-order valence-corrected chi connectivity index (χ3v) is 4.41. The maximum Gasteiger partial charge on any atom is 0.161 e. The molecule has 0 amide bonds. The summed E-state index contributed by atoms with van der Waals surface area (Å²) in [5.41, 5.74) is 3.55. The van der Waals surface area contributed by atoms with Gasteiger partial charge in [-0.1, -0.05) is 39.5 Å². The molecule has 1 aliphatic carbocycles. The molecule has 1 aromatic carbocycles. The van der Waals surface area contributed by atoms with Crippen LogP contribution in [0.3, 0.4) is 0 Å². The smallest absolute Gasteiger partial charge is 0.161 e. The highest BCUT2D eigenvalue weighted by atomic mass is 16.3. The van der Waals surface area contributed by atoms with E-state index in [1.54, 1.807) is 6.07 Å². The molecule has 0 aromatic heterocycles. The largest absolute Gasteiger partial charge is 0.504 e. The fraction of sp³-hybridized carbons (Fsp3) is 0.647. The van der Waals surface area contributed by atoms with Crippen molar-refractivity contribution in [3.8, 4) is 11.5 Å². The van der Waals surface area contributed by atoms with E-state index in [9.17, 15) is 10.2 Å². The van der Waals surface area contributed by atoms with Crippen LogP contribution >= 0.6 is 0 Å². The van der Waals surface area contributed by atoms with Crippen molar-refractivity contribution in [2.24, 2.45) is 0 Å². The van der Waals surface area contributed by atoms with E-state index in [-0.39, 0.29) is 11.5 Å². The Labute approximate surface area is 116 Å². The third kappa shape index (κ3) is 2.88. The first-order valence-corrected chi connectivity index (χ1v) is 7.75. The van der Waals surface area contributed by atoms with Crippen LogP contribution in [0.15, 0.2) is 6.07 Å². The van der Waals surface area contributed by atoms with Crippen LogP contribution in [0, 0.1) is 0 Å². The number of hydrogen-bond acceptors (Lipinski definition) is 2. The average Bonchev–Trinajstić information content (AvgIpc) is 2.43. The summed E-state index contributed by atoms with van der Waals surface area (Å²) in [5, 5.41) is 20.3. The van der Waals surface area contributed by atoms with E-state index < -0.39 is 0 Å². The van der Waals surface area contributed by atoms with Crippen molar-refractivity contribution in [3.05, 3.63) is 22.8 Å². The second-order valence-electron chi connectivity index (χ2n) is 5.73. The molecule has 0 radical (unpaired) electrons. The van der Waals surface area contributed by atoms with E-state index in [0.717, 1.165) is 37.7 Å². The minimum absolute atomic E-state index is 0.0706. The van der Waals surface area contributed by atoms with Gasteiger partial charge in [0.15, 0.2) is 11.5 Å². The number of aromatic hydroxyl groups is 2. The van der Waals surface area contributed by atoms with Crippen molar-refractivity contribution in [2.45, 2.75) is 71.1 Å². The van der Waals surface area contributed by atoms with Gasteiger partial charge in [-0.2, -0.15) is 0 Å². The number of hydrogen-bond donors (Lipinski definition) is 2. The van der Waals surface area contributed by atoms with Crippen LogP contribution in [0.1, 0.15) is 75.0 Å². The summed E-state index contributed by atoms with van der Waals surface area (Å²) in [7, 11) is 0. The highest BCUT2D eigenvalue weighted by Gasteiger charge is 2.24. The molecule has 106 valence electrons. The van der Waals surface area contributed by atoms with Crippen molar-refractivity contribution in [3.63, 3.8) is 0 Å². The van der Waals surface area contributed by atoms with Crippen LogP contribution in [0.4, 0.5) is 0 Å². The first-order valence-electron chi connectivity index (χ1n) is 7.75. The lowest BCUT2D eigenvalue weighted by Gasteiger charge is -2.27. The molecular formula is C17H26O2. The Kier molecular flexibility index (Phi) is 4.73. The Balaban J connectivity index is 2.48. The number of phenols is 2. The number of rotatable bonds is 4. The summed E-state index contributed by atoms with van der Waals surface area (Å²) in [6.45, 7) is 4.31. The predicted molar refractivity (Wildman–Crippen MR) is 79.0 cm³/mol. The fourth-order valence-electron chi connectivity index (χ4n) is 3.52. The van der Waals surface area contributed by atoms with Gasteiger partial charge < -0.3 is 10.2 Å². The van der Waals surface area contributed by atoms with E-state index in [4.69, 9.17) is 0 Å². The summed E-state index contributed by atoms with van der Waals surface area (Å²) in [4.78, 5) is 0. The van der Waals surface area contributed by atoms with Crippen LogP contribution in [-0.4, -0.2) is 10.2 Å². The Morgan fingerprint density at radius 1 is 1.11 bits per heavy atom. The van der Waals surface area contributed by atoms with Crippen LogP contribution in [0.25, 0.3) is 0 Å². The lowest BCUT2D eigenvalue weighted by Crippen LogP contribution is -2.09. The SMILES string of the molecule is CCCc1cc(O)c(O)c(C2CCCCC2)c1CC. The van der Waals surface area contributed by atoms with Crippen LogP contribution in [0.2, 0.25) is 0 Å². The molecular weight excluding hydrogens is 236 g/mol. The zero-order valence-corrected chi connectivity index (χ0v) is 12.2. The maximum atomic E-state index is 10.3. The standard InChI is InChI=1S/C17H26O2/c1-3-8-13-11-15(18)17(19)16(14(13)4-2)12-9-6-5-7-10-12/h11-12,18-19H,3-10H2,1-2H3. The molecule has 1 fully saturated rings. The van der Waals surface area contributed by atoms with Crippen LogP contribution in [-0.2, 0) is 12.8 Å². The molecule has 2 nitrogen and oxygen atoms in total. The highest BCUT2D eigenvalue weighted by Crippen LogP contribution is 2.44. The van der Waals surface area contributed by atoms with Crippen LogP contribution < -0.4 is 0 Å². The summed E-state index contributed by atoms with van der Waals surface area (Å²) in [5.74, 6) is 0.649. The maximum absolute atomic E-state index is 10.3. The predicted octanol–water partition coefficient (Wildman–Crippen LogP) is 4.66. The summed E-state index contributed by atoms with van der Waals surface area (Å²) in [6.07, 6.45) is 9.08. The summed E-state index contributed by atoms with van der Waals surface area (Å²) in [6, 6.07) is 1.77. The van der Waals surface area contributed by atoms with Gasteiger partial charge in [-0.15, -0.1) is 0 Å². The lowest BCUT2D eigenvalue weighted by molar-refractivity contribution is 0.378. The Morgan fingerprint density at radius 2 is 1.79 bits per heavy atom. The first-order chi connectivity index (χ1) is 9.19. The molecule has 0 aliphatic heterocycles. The quantitative estimate of drug-likeness (QED) is 0.775. The molecule has 0 bridgehead atoms. The van der Waals surface area contributed by atoms with Gasteiger partial charge in [0.2, 0.25) is 0 Å². The third-order valence-electron chi connectivity index (χ3n) is 4.41. The lowest BCUT2D eigenvalue weighted by atomic mass is 9.79. The Bertz CT molecular complexity index is 431. The molecule has 0 unspecified atom stereocenters. The van der Waals surface area contributed by atoms with Gasteiger partial charge in [-0.3, -0.25) is 0 Å². The van der Waals surface area contributed by atoms with Crippen molar-refractivity contribution in [2.75, 3.05) is 0 Å². The van der Waals surface area contributed by atoms with Gasteiger partial charge in [0.1, 0.15) is 0 Å². The molecule has 2 N–H and O–H groups in total. The topological polar surface area (TPSA) is 40.5 Å². The van der Waals surface area contributed by atoms with E-state index >= 15 is 0 Å². The minimum atomic E-state index is 0.0706. The van der Waals surface area contributed by atoms with Gasteiger partial charge in [0.05, 0.1) is 0 Å². The molecule has 0 saturated heterocycles. The molecule has 0 heterocycles. The molecule has 1 aliphatic rings. The Morgan fingerprint density at radius 3 is 2.37 bits per heavy atom. The van der Waals surface area contributed by atoms with Gasteiger partial charge in [0.25, 0.3) is 0 Å². The normalized spacial score (nSPS) is 16.7. The van der Waals surface area contributed by atoms with Gasteiger partial charge >= 0.3 is 0 Å². The minimum Gasteiger partial charge on any atom is -0.504 e. The van der Waals surface area contributed by atoms with E-state index in [2.05, 4.69) is 13.8 Å². The summed E-state index contributed by atoms with van der Waals surface area (Å²) >= 11 is 0. The second kappa shape index (κ2) is 6.31. The molecule has 19 heavy (non-hydrogen) atoms. The zero-order valence-electron chi connectivity index (χ0n) is 12.2. The molecule has 2 heteroatoms. The molecule has 2 rings (SSSR count). The van der Waals surface area contributed by atoms with Crippen molar-refractivity contribution >= 4 is 0 Å². The zero-order chi connectivity index (χ0) is 13.8.